The van der Waals surface area contributed by atoms with Crippen molar-refractivity contribution in [1.82, 2.24) is 58.1 Å². The van der Waals surface area contributed by atoms with E-state index in [4.69, 9.17) is 60.3 Å². The van der Waals surface area contributed by atoms with Crippen molar-refractivity contribution in [1.29, 1.82) is 0 Å². The Kier molecular flexibility index (Phi) is 20.0. The number of amides is 3. The van der Waals surface area contributed by atoms with Crippen molar-refractivity contribution in [2.75, 3.05) is 78.2 Å². The predicted octanol–water partition coefficient (Wildman–Crippen LogP) is 22.7. The van der Waals surface area contributed by atoms with Crippen LogP contribution in [-0.4, -0.2) is 154 Å². The third kappa shape index (κ3) is 29.3. The van der Waals surface area contributed by atoms with Crippen molar-refractivity contribution in [2.45, 2.75) is 197 Å². The maximum atomic E-state index is 15.3. The smallest absolute Gasteiger partial charge is 0.336 e. The number of carbonyl (C=O) groups excluding carboxylic acids is 3. The molecule has 0 bridgehead atoms. The minimum absolute atomic E-state index is 0.00353. The summed E-state index contributed by atoms with van der Waals surface area (Å²) in [5.41, 5.74) is -28.9. The fourth-order valence-electron chi connectivity index (χ4n) is 13.6. The number of rotatable bonds is 39. The Morgan fingerprint density at radius 3 is 1.14 bits per heavy atom. The molecule has 18 nitrogen and oxygen atoms in total. The first-order chi connectivity index (χ1) is 89.7. The van der Waals surface area contributed by atoms with E-state index in [0.29, 0.717) is 44.2 Å². The van der Waals surface area contributed by atoms with Crippen LogP contribution in [-0.2, 0) is 121 Å². The van der Waals surface area contributed by atoms with Crippen molar-refractivity contribution in [2.24, 2.45) is 11.8 Å². The summed E-state index contributed by atoms with van der Waals surface area (Å²) in [5.74, 6) is -16.1. The van der Waals surface area contributed by atoms with E-state index in [-0.39, 0.29) is 89.7 Å². The quantitative estimate of drug-likeness (QED) is 0.0202. The first-order valence-corrected chi connectivity index (χ1v) is 45.2. The van der Waals surface area contributed by atoms with Gasteiger partial charge in [0.2, 0.25) is 17.7 Å². The molecule has 144 heavy (non-hydrogen) atoms. The maximum absolute atomic E-state index is 15.3. The third-order valence-electron chi connectivity index (χ3n) is 20.8. The highest BCUT2D eigenvalue weighted by molar-refractivity contribution is 7.98. The molecule has 0 saturated heterocycles. The molecule has 3 amide bonds. The number of thioether (sulfide) groups is 3. The summed E-state index contributed by atoms with van der Waals surface area (Å²) in [7, 11) is 0. The van der Waals surface area contributed by atoms with Crippen molar-refractivity contribution in [3.05, 3.63) is 350 Å². The van der Waals surface area contributed by atoms with Gasteiger partial charge in [0, 0.05) is 142 Å². The summed E-state index contributed by atoms with van der Waals surface area (Å²) in [4.78, 5) is 99.6. The molecule has 0 fully saturated rings. The Balaban J connectivity index is 0.000000240. The van der Waals surface area contributed by atoms with Gasteiger partial charge in [0.1, 0.15) is 36.9 Å². The molecule has 0 spiro atoms. The number of likely N-dealkylation sites (N-methyl/N-ethyl adjacent to an activating group) is 3. The number of hydrogen-bond acceptors (Lipinski definition) is 15. The Morgan fingerprint density at radius 1 is 0.396 bits per heavy atom. The Labute approximate surface area is 922 Å². The van der Waals surface area contributed by atoms with Gasteiger partial charge in [0.25, 0.3) is 16.7 Å². The summed E-state index contributed by atoms with van der Waals surface area (Å²) in [6, 6.07) is -2.76. The van der Waals surface area contributed by atoms with Gasteiger partial charge in [0.15, 0.2) is 15.5 Å². The molecule has 3 atom stereocenters. The van der Waals surface area contributed by atoms with E-state index in [0.717, 1.165) is 119 Å². The lowest BCUT2D eigenvalue weighted by Crippen LogP contribution is -2.42. The number of carbonyl (C=O) groups is 3. The normalized spacial score (nSPS) is 23.7. The predicted molar refractivity (Wildman–Crippen MR) is 544 cm³/mol. The highest BCUT2D eigenvalue weighted by atomic mass is 32.2. The number of aromatic nitrogens is 6. The van der Waals surface area contributed by atoms with Gasteiger partial charge in [0.05, 0.1) is 59.7 Å². The van der Waals surface area contributed by atoms with E-state index in [9.17, 15) is 86.9 Å². The van der Waals surface area contributed by atoms with Gasteiger partial charge in [-0.2, -0.15) is 54.5 Å². The Morgan fingerprint density at radius 2 is 0.736 bits per heavy atom. The fraction of sp³-hybridized carbons (Fsp3) is 0.378. The molecule has 0 N–H and O–H groups in total. The number of alkyl halides is 9. The highest BCUT2D eigenvalue weighted by Crippen LogP contribution is 2.39. The fourth-order valence-corrected chi connectivity index (χ4v) is 15.6. The summed E-state index contributed by atoms with van der Waals surface area (Å²) in [5, 5.41) is -3.41. The van der Waals surface area contributed by atoms with Gasteiger partial charge in [-0.05, 0) is 242 Å². The number of benzene rings is 9. The topological polar surface area (TPSA) is 175 Å². The molecule has 0 aliphatic heterocycles. The Hall–Kier alpha value is -11.9. The first-order valence-electron chi connectivity index (χ1n) is 70.2. The van der Waals surface area contributed by atoms with Crippen LogP contribution in [0.4, 0.5) is 52.7 Å². The standard InChI is InChI=1S/3C37H40F4N4O2S/c2*1-4-43(5-2)18-19-44(22-26-6-10-28(11-7-26)29-12-14-30(15-13-29)37(39,40)41)34(46)23-45-33-21-25(3)20-32(33)35(47)42-36(45)48-24-27-8-16-31(38)17-9-27;1-4-43(5-2)21-22-44(25(3)27-11-13-28(14-12-27)29-15-17-30(18-16-29)37(39,40)41)34(46)23-45-33-8-6-7-32(33)35(47)42-36(45)48-24-26-9-19-31(38)20-10-26/h2*6-17,25H,4-5,18-24H2,1-3H3;9-20,25H,4-8,21-24H2,1-3H3/i4D2,5D2,6D,7D,10D,11D,12D,13D,14D,15D,20D2,21D2,22D2,23D2,24D2,25D;4D2,5D2,8D,9D,16D,17D,20D2,21D2,22D2,23D2,24D2,25D;4D2,5D2,9D,10D,19D,20D,23D2,24D2,25D. The molecule has 12 aromatic rings. The molecular formula is C111H120F12N12O6S3. The lowest BCUT2D eigenvalue weighted by Gasteiger charge is -2.33. The number of hydrogen-bond donors (Lipinski definition) is 0. The minimum atomic E-state index is -5.47. The average Bonchev–Trinajstić information content (AvgIpc) is 1.51. The molecule has 3 aliphatic rings. The summed E-state index contributed by atoms with van der Waals surface area (Å²) in [6.07, 6.45) is -28.2. The molecule has 0 radical (unpaired) electrons. The summed E-state index contributed by atoms with van der Waals surface area (Å²) >= 11 is -0.668. The second-order valence-corrected chi connectivity index (χ2v) is 32.5. The van der Waals surface area contributed by atoms with Gasteiger partial charge in [-0.15, -0.1) is 0 Å². The van der Waals surface area contributed by atoms with Crippen LogP contribution in [0, 0.1) is 29.2 Å². The number of halogens is 12. The van der Waals surface area contributed by atoms with Crippen LogP contribution in [0.2, 0.25) is 0 Å². The second-order valence-electron chi connectivity index (χ2n) is 30.2. The van der Waals surface area contributed by atoms with Gasteiger partial charge >= 0.3 is 18.5 Å². The van der Waals surface area contributed by atoms with E-state index in [1.54, 1.807) is 0 Å². The zero-order chi connectivity index (χ0) is 152. The van der Waals surface area contributed by atoms with Crippen LogP contribution in [0.5, 0.6) is 0 Å². The molecule has 3 aliphatic carbocycles. The van der Waals surface area contributed by atoms with Crippen molar-refractivity contribution < 1.29 is 142 Å². The van der Waals surface area contributed by atoms with Gasteiger partial charge in [-0.25, -0.2) is 13.2 Å². The molecule has 33 heteroatoms. The van der Waals surface area contributed by atoms with Crippen molar-refractivity contribution in [3.63, 3.8) is 0 Å². The van der Waals surface area contributed by atoms with Gasteiger partial charge < -0.3 is 43.1 Å². The number of nitrogens with zero attached hydrogens (tertiary/aromatic N) is 12. The van der Waals surface area contributed by atoms with Crippen molar-refractivity contribution in [3.8, 4) is 33.4 Å². The van der Waals surface area contributed by atoms with E-state index >= 15 is 9.59 Å². The SMILES string of the molecule is [2H]c1c([2H])c(C(F)(F)F)c([2H])c([2H])c1-c1c([2H])c([2H])c(C([2H])([2H])N(CCN(C([2H])([2H])C)C([2H])([2H])C)C(=O)C([2H])([2H])n2c(SC([2H])([2H])c3ccc(F)cc3)nc(=O)c3c2C([2H])([2H])C([2H])(C)C3([2H])[2H])c([2H])c1[2H].[2H]c1c([2H])c(C([2H])([2H])Sc2nc(=O)c3c(n2C([2H])([2H])C(=O)N(CCN(C([2H])([2H])C)C([2H])([2H])C)C([2H])(C)c2ccc(-c4ccc(C(F)(F)F)cc4)cc2)CCC3)c([2H])c([2H])c1F.[2H]c1c([2H])c(C([2H])([2H])Sc2nc(=O)c3c(n2C([2H])([2H])C(=O)N(CCN(C([2H])([2H])C)C([2H])([2H])C)C([2H])([2H])c2ccc(-c4ccc(C(F)(F)F)cc4)cc2)C([2H])([2H])C([2H])(C)C3([2H])[2H])c([2H])c([2H])c1F. The van der Waals surface area contributed by atoms with Crippen LogP contribution >= 0.6 is 35.3 Å². The van der Waals surface area contributed by atoms with Crippen molar-refractivity contribution >= 4 is 53.0 Å². The molecule has 762 valence electrons. The molecular weight excluding hydrogens is 1920 g/mol. The van der Waals surface area contributed by atoms with E-state index in [1.807, 2.05) is 0 Å². The number of fused-ring (bicyclic) bond motifs is 3. The molecule has 3 unspecified atom stereocenters. The first kappa shape index (κ1) is 57.3. The van der Waals surface area contributed by atoms with E-state index < -0.39 is 444 Å². The minimum Gasteiger partial charge on any atom is -0.336 e. The molecule has 3 heterocycles. The van der Waals surface area contributed by atoms with Crippen LogP contribution in [0.1, 0.15) is 234 Å². The van der Waals surface area contributed by atoms with Crippen LogP contribution < -0.4 is 16.7 Å². The van der Waals surface area contributed by atoms with E-state index in [1.165, 1.54) is 55.5 Å². The van der Waals surface area contributed by atoms with Gasteiger partial charge in [-0.1, -0.05) is 236 Å². The van der Waals surface area contributed by atoms with Crippen LogP contribution in [0.3, 0.4) is 0 Å². The zero-order valence-electron chi connectivity index (χ0n) is 132. The molecule has 15 rings (SSSR count). The zero-order valence-corrected chi connectivity index (χ0v) is 79.4. The van der Waals surface area contributed by atoms with E-state index in [2.05, 4.69) is 15.0 Å². The van der Waals surface area contributed by atoms with Crippen LogP contribution in [0.15, 0.2) is 248 Å². The molecule has 9 aromatic carbocycles. The molecule has 0 saturated carbocycles. The maximum Gasteiger partial charge on any atom is 0.416 e. The average molecular weight is 2100 g/mol. The Bertz CT molecular complexity index is 9480. The highest BCUT2D eigenvalue weighted by Gasteiger charge is 2.36. The summed E-state index contributed by atoms with van der Waals surface area (Å²) < 4.78 is 641. The van der Waals surface area contributed by atoms with Crippen LogP contribution in [0.25, 0.3) is 33.4 Å². The van der Waals surface area contributed by atoms with Gasteiger partial charge in [-0.3, -0.25) is 28.8 Å². The largest absolute Gasteiger partial charge is 0.416 e. The second kappa shape index (κ2) is 50.3. The lowest BCUT2D eigenvalue weighted by molar-refractivity contribution is -0.138. The third-order valence-corrected chi connectivity index (χ3v) is 23.2. The monoisotopic (exact) mass is 2100 g/mol. The summed E-state index contributed by atoms with van der Waals surface area (Å²) in [6.45, 7) is -31.9. The lowest BCUT2D eigenvalue weighted by atomic mass is 9.99. The molecule has 3 aromatic heterocycles.